The summed E-state index contributed by atoms with van der Waals surface area (Å²) < 4.78 is 18.4. The summed E-state index contributed by atoms with van der Waals surface area (Å²) in [5, 5.41) is 10.5. The molecule has 0 radical (unpaired) electrons. The largest absolute Gasteiger partial charge is 0.456 e. The first-order valence-electron chi connectivity index (χ1n) is 8.67. The first-order valence-corrected chi connectivity index (χ1v) is 17.9. The number of ether oxygens (including phenoxy) is 1. The molecule has 24 heavy (non-hydrogen) atoms. The summed E-state index contributed by atoms with van der Waals surface area (Å²) in [4.78, 5) is 11.4. The molecule has 0 aromatic carbocycles. The van der Waals surface area contributed by atoms with E-state index in [2.05, 4.69) is 52.4 Å². The Morgan fingerprint density at radius 3 is 1.92 bits per heavy atom. The predicted octanol–water partition coefficient (Wildman–Crippen LogP) is 3.77. The van der Waals surface area contributed by atoms with Crippen LogP contribution in [0.3, 0.4) is 0 Å². The highest BCUT2D eigenvalue weighted by molar-refractivity contribution is 6.88. The van der Waals surface area contributed by atoms with Crippen molar-refractivity contribution in [3.05, 3.63) is 12.7 Å². The number of rotatable bonds is 7. The molecule has 0 heterocycles. The lowest BCUT2D eigenvalue weighted by Crippen LogP contribution is -2.57. The van der Waals surface area contributed by atoms with Crippen molar-refractivity contribution in [1.29, 1.82) is 0 Å². The number of hydrogen-bond acceptors (Lipinski definition) is 5. The average Bonchev–Trinajstić information content (AvgIpc) is 2.36. The highest BCUT2D eigenvalue weighted by atomic mass is 28.5. The zero-order valence-corrected chi connectivity index (χ0v) is 19.2. The molecule has 1 rings (SSSR count). The molecule has 0 bridgehead atoms. The summed E-state index contributed by atoms with van der Waals surface area (Å²) in [6.07, 6.45) is 2.06. The van der Waals surface area contributed by atoms with E-state index in [4.69, 9.17) is 13.0 Å². The first-order chi connectivity index (χ1) is 10.8. The van der Waals surface area contributed by atoms with E-state index in [0.717, 1.165) is 12.5 Å². The van der Waals surface area contributed by atoms with Gasteiger partial charge in [-0.25, -0.2) is 4.79 Å². The molecule has 5 nitrogen and oxygen atoms in total. The normalized spacial score (nSPS) is 26.1. The van der Waals surface area contributed by atoms with Crippen molar-refractivity contribution in [2.45, 2.75) is 82.8 Å². The van der Waals surface area contributed by atoms with Crippen LogP contribution in [0.25, 0.3) is 0 Å². The van der Waals surface area contributed by atoms with Gasteiger partial charge in [0.2, 0.25) is 0 Å². The Hall–Kier alpha value is -0.259. The van der Waals surface area contributed by atoms with Gasteiger partial charge < -0.3 is 18.1 Å². The molecule has 8 heteroatoms. The van der Waals surface area contributed by atoms with Crippen molar-refractivity contribution >= 4 is 31.2 Å². The van der Waals surface area contributed by atoms with Crippen LogP contribution in [0.5, 0.6) is 0 Å². The summed E-state index contributed by atoms with van der Waals surface area (Å²) in [5.74, 6) is -0.478. The van der Waals surface area contributed by atoms with Crippen molar-refractivity contribution in [2.24, 2.45) is 0 Å². The monoisotopic (exact) mass is 390 g/mol. The topological polar surface area (TPSA) is 65.0 Å². The van der Waals surface area contributed by atoms with Crippen LogP contribution in [-0.4, -0.2) is 48.5 Å². The number of esters is 1. The zero-order valence-electron chi connectivity index (χ0n) is 16.2. The van der Waals surface area contributed by atoms with Crippen molar-refractivity contribution in [1.82, 2.24) is 0 Å². The molecular formula is C16H34O5Si3. The Labute approximate surface area is 149 Å². The third kappa shape index (κ3) is 6.93. The summed E-state index contributed by atoms with van der Waals surface area (Å²) in [5.41, 5.74) is 0.213. The van der Waals surface area contributed by atoms with Crippen molar-refractivity contribution in [3.63, 3.8) is 0 Å². The lowest BCUT2D eigenvalue weighted by Gasteiger charge is -2.46. The van der Waals surface area contributed by atoms with Crippen molar-refractivity contribution < 1.29 is 22.9 Å². The second-order valence-corrected chi connectivity index (χ2v) is 21.6. The molecule has 0 aromatic rings. The third-order valence-corrected chi connectivity index (χ3v) is 14.1. The van der Waals surface area contributed by atoms with E-state index in [1.807, 2.05) is 0 Å². The van der Waals surface area contributed by atoms with Gasteiger partial charge in [-0.05, 0) is 65.1 Å². The minimum Gasteiger partial charge on any atom is -0.456 e. The molecular weight excluding hydrogens is 356 g/mol. The van der Waals surface area contributed by atoms with Gasteiger partial charge in [-0.2, -0.15) is 0 Å². The average molecular weight is 391 g/mol. The van der Waals surface area contributed by atoms with E-state index in [1.165, 1.54) is 0 Å². The maximum Gasteiger partial charge on any atom is 0.330 e. The van der Waals surface area contributed by atoms with E-state index in [1.54, 1.807) is 0 Å². The fourth-order valence-electron chi connectivity index (χ4n) is 3.33. The Morgan fingerprint density at radius 1 is 1.04 bits per heavy atom. The molecule has 0 saturated heterocycles. The summed E-state index contributed by atoms with van der Waals surface area (Å²) in [6, 6.07) is 0. The molecule has 0 aliphatic heterocycles. The van der Waals surface area contributed by atoms with Gasteiger partial charge in [-0.1, -0.05) is 6.58 Å². The Kier molecular flexibility index (Phi) is 7.23. The molecule has 3 unspecified atom stereocenters. The lowest BCUT2D eigenvalue weighted by molar-refractivity contribution is -0.151. The number of carbonyl (C=O) groups excluding carboxylic acids is 1. The van der Waals surface area contributed by atoms with Gasteiger partial charge in [-0.15, -0.1) is 0 Å². The minimum absolute atomic E-state index is 0.213. The number of aliphatic hydroxyl groups is 1. The quantitative estimate of drug-likeness (QED) is 0.407. The molecule has 1 aliphatic carbocycles. The smallest absolute Gasteiger partial charge is 0.330 e. The molecule has 3 atom stereocenters. The van der Waals surface area contributed by atoms with Crippen LogP contribution in [0.4, 0.5) is 0 Å². The maximum absolute atomic E-state index is 11.4. The van der Waals surface area contributed by atoms with E-state index < -0.39 is 43.4 Å². The Balaban J connectivity index is 2.89. The van der Waals surface area contributed by atoms with Gasteiger partial charge in [0, 0.05) is 11.6 Å². The SMILES string of the molecule is C=CC(=O)OC1CCC([Si](C)(O[Si](C)(C)C)O[Si](C)(C)C)CC1O. The van der Waals surface area contributed by atoms with E-state index in [9.17, 15) is 9.90 Å². The molecule has 0 aromatic heterocycles. The molecule has 1 N–H and O–H groups in total. The van der Waals surface area contributed by atoms with Crippen LogP contribution in [0.1, 0.15) is 19.3 Å². The van der Waals surface area contributed by atoms with Crippen LogP contribution < -0.4 is 0 Å². The fraction of sp³-hybridized carbons (Fsp3) is 0.812. The van der Waals surface area contributed by atoms with Crippen LogP contribution >= 0.6 is 0 Å². The molecule has 0 spiro atoms. The van der Waals surface area contributed by atoms with E-state index in [-0.39, 0.29) is 5.54 Å². The van der Waals surface area contributed by atoms with Gasteiger partial charge in [0.05, 0.1) is 6.10 Å². The fourth-order valence-corrected chi connectivity index (χ4v) is 16.3. The van der Waals surface area contributed by atoms with Crippen molar-refractivity contribution in [3.8, 4) is 0 Å². The van der Waals surface area contributed by atoms with Gasteiger partial charge in [0.1, 0.15) is 6.10 Å². The van der Waals surface area contributed by atoms with Gasteiger partial charge in [-0.3, -0.25) is 0 Å². The van der Waals surface area contributed by atoms with Crippen LogP contribution in [0, 0.1) is 0 Å². The third-order valence-electron chi connectivity index (χ3n) is 3.95. The molecule has 0 amide bonds. The number of carbonyl (C=O) groups is 1. The number of aliphatic hydroxyl groups excluding tert-OH is 1. The minimum atomic E-state index is -2.44. The molecule has 1 saturated carbocycles. The first kappa shape index (κ1) is 21.8. The van der Waals surface area contributed by atoms with Crippen LogP contribution in [0.15, 0.2) is 12.7 Å². The highest BCUT2D eigenvalue weighted by Gasteiger charge is 2.49. The maximum atomic E-state index is 11.4. The van der Waals surface area contributed by atoms with Crippen LogP contribution in [0.2, 0.25) is 51.4 Å². The summed E-state index contributed by atoms with van der Waals surface area (Å²) >= 11 is 0. The Morgan fingerprint density at radius 2 is 1.54 bits per heavy atom. The second kappa shape index (κ2) is 7.96. The van der Waals surface area contributed by atoms with Crippen molar-refractivity contribution in [2.75, 3.05) is 0 Å². The second-order valence-electron chi connectivity index (χ2n) is 8.70. The highest BCUT2D eigenvalue weighted by Crippen LogP contribution is 2.41. The van der Waals surface area contributed by atoms with Gasteiger partial charge >= 0.3 is 14.5 Å². The molecule has 140 valence electrons. The molecule has 1 fully saturated rings. The number of hydrogen-bond donors (Lipinski definition) is 1. The summed E-state index contributed by atoms with van der Waals surface area (Å²) in [6.45, 7) is 18.6. The van der Waals surface area contributed by atoms with Gasteiger partial charge in [0.25, 0.3) is 0 Å². The predicted molar refractivity (Wildman–Crippen MR) is 104 cm³/mol. The zero-order chi connectivity index (χ0) is 18.8. The summed E-state index contributed by atoms with van der Waals surface area (Å²) in [7, 11) is -5.97. The van der Waals surface area contributed by atoms with E-state index in [0.29, 0.717) is 12.8 Å². The van der Waals surface area contributed by atoms with Crippen LogP contribution in [-0.2, 0) is 17.8 Å². The van der Waals surface area contributed by atoms with Gasteiger partial charge in [0.15, 0.2) is 16.6 Å². The standard InChI is InChI=1S/C16H34O5Si3/c1-9-16(18)19-15-11-10-13(12-14(15)17)24(8,20-22(2,3)4)21-23(5,6)7/h9,13-15,17H,1,10-12H2,2-8H3. The van der Waals surface area contributed by atoms with E-state index >= 15 is 0 Å². The Bertz CT molecular complexity index is 440. The molecule has 1 aliphatic rings. The lowest BCUT2D eigenvalue weighted by atomic mass is 9.94.